The number of hydrogen-bond donors (Lipinski definition) is 0. The molecule has 184 valence electrons. The summed E-state index contributed by atoms with van der Waals surface area (Å²) in [7, 11) is -0.880. The summed E-state index contributed by atoms with van der Waals surface area (Å²) in [5, 5.41) is 0. The molecule has 34 heavy (non-hydrogen) atoms. The Labute approximate surface area is 200 Å². The molecule has 9 nitrogen and oxygen atoms in total. The van der Waals surface area contributed by atoms with Crippen LogP contribution in [0.3, 0.4) is 0 Å². The first-order valence-corrected chi connectivity index (χ1v) is 12.8. The molecule has 0 radical (unpaired) electrons. The first kappa shape index (κ1) is 24.5. The van der Waals surface area contributed by atoms with Crippen molar-refractivity contribution in [3.8, 4) is 11.5 Å². The van der Waals surface area contributed by atoms with Crippen LogP contribution in [0, 0.1) is 0 Å². The van der Waals surface area contributed by atoms with E-state index in [1.54, 1.807) is 17.0 Å². The van der Waals surface area contributed by atoms with Gasteiger partial charge in [-0.1, -0.05) is 12.1 Å². The Morgan fingerprint density at radius 1 is 0.941 bits per heavy atom. The van der Waals surface area contributed by atoms with Crippen molar-refractivity contribution >= 4 is 15.9 Å². The topological polar surface area (TPSA) is 88.6 Å². The van der Waals surface area contributed by atoms with Crippen LogP contribution in [0.5, 0.6) is 11.5 Å². The molecule has 0 bridgehead atoms. The van der Waals surface area contributed by atoms with Crippen LogP contribution in [-0.4, -0.2) is 95.1 Å². The maximum atomic E-state index is 13.3. The first-order valence-electron chi connectivity index (χ1n) is 11.3. The van der Waals surface area contributed by atoms with E-state index in [0.717, 1.165) is 38.4 Å². The van der Waals surface area contributed by atoms with Gasteiger partial charge in [0.25, 0.3) is 5.91 Å². The summed E-state index contributed by atoms with van der Waals surface area (Å²) < 4.78 is 43.8. The maximum Gasteiger partial charge on any atom is 0.253 e. The van der Waals surface area contributed by atoms with Crippen LogP contribution in [0.1, 0.15) is 15.9 Å². The number of piperazine rings is 1. The molecule has 2 heterocycles. The fraction of sp³-hybridized carbons (Fsp3) is 0.458. The summed E-state index contributed by atoms with van der Waals surface area (Å²) in [6, 6.07) is 12.4. The molecule has 2 aliphatic rings. The Hall–Kier alpha value is -2.66. The second-order valence-electron chi connectivity index (χ2n) is 8.30. The number of amides is 1. The third-order valence-electron chi connectivity index (χ3n) is 6.20. The Balaban J connectivity index is 1.42. The van der Waals surface area contributed by atoms with E-state index < -0.39 is 10.0 Å². The van der Waals surface area contributed by atoms with Gasteiger partial charge < -0.3 is 19.1 Å². The fourth-order valence-electron chi connectivity index (χ4n) is 4.26. The van der Waals surface area contributed by atoms with Crippen molar-refractivity contribution < 1.29 is 27.4 Å². The van der Waals surface area contributed by atoms with Gasteiger partial charge in [-0.25, -0.2) is 8.42 Å². The van der Waals surface area contributed by atoms with Crippen molar-refractivity contribution in [3.05, 3.63) is 53.6 Å². The molecule has 1 amide bonds. The minimum atomic E-state index is -3.80. The smallest absolute Gasteiger partial charge is 0.253 e. The van der Waals surface area contributed by atoms with Gasteiger partial charge in [0.15, 0.2) is 0 Å². The van der Waals surface area contributed by atoms with Gasteiger partial charge in [-0.3, -0.25) is 9.69 Å². The molecule has 0 N–H and O–H groups in total. The Morgan fingerprint density at radius 3 is 2.35 bits per heavy atom. The van der Waals surface area contributed by atoms with E-state index >= 15 is 0 Å². The number of benzene rings is 2. The predicted molar refractivity (Wildman–Crippen MR) is 127 cm³/mol. The van der Waals surface area contributed by atoms with Gasteiger partial charge in [-0.2, -0.15) is 4.31 Å². The van der Waals surface area contributed by atoms with Crippen LogP contribution in [0.2, 0.25) is 0 Å². The lowest BCUT2D eigenvalue weighted by Crippen LogP contribution is -2.50. The Morgan fingerprint density at radius 2 is 1.68 bits per heavy atom. The average Bonchev–Trinajstić information content (AvgIpc) is 2.88. The van der Waals surface area contributed by atoms with Crippen molar-refractivity contribution in [2.45, 2.75) is 11.4 Å². The number of methoxy groups -OCH3 is 2. The normalized spacial score (nSPS) is 18.0. The summed E-state index contributed by atoms with van der Waals surface area (Å²) in [6.45, 7) is 5.05. The molecule has 2 aromatic carbocycles. The number of sulfonamides is 1. The average molecular weight is 490 g/mol. The van der Waals surface area contributed by atoms with Crippen LogP contribution in [-0.2, 0) is 21.3 Å². The number of carbonyl (C=O) groups excluding carboxylic acids is 1. The Kier molecular flexibility index (Phi) is 7.72. The van der Waals surface area contributed by atoms with Crippen molar-refractivity contribution in [2.24, 2.45) is 0 Å². The van der Waals surface area contributed by atoms with Gasteiger partial charge in [-0.15, -0.1) is 0 Å². The molecule has 0 spiro atoms. The van der Waals surface area contributed by atoms with Crippen molar-refractivity contribution in [3.63, 3.8) is 0 Å². The van der Waals surface area contributed by atoms with E-state index in [1.165, 1.54) is 24.6 Å². The number of hydrogen-bond acceptors (Lipinski definition) is 7. The minimum absolute atomic E-state index is 0.0601. The maximum absolute atomic E-state index is 13.3. The van der Waals surface area contributed by atoms with Gasteiger partial charge >= 0.3 is 0 Å². The lowest BCUT2D eigenvalue weighted by molar-refractivity contribution is 0.0341. The van der Waals surface area contributed by atoms with Gasteiger partial charge in [0.1, 0.15) is 16.4 Å². The van der Waals surface area contributed by atoms with Crippen LogP contribution in [0.4, 0.5) is 0 Å². The van der Waals surface area contributed by atoms with Crippen molar-refractivity contribution in [1.29, 1.82) is 0 Å². The van der Waals surface area contributed by atoms with E-state index in [1.807, 2.05) is 24.3 Å². The second-order valence-corrected chi connectivity index (χ2v) is 10.2. The van der Waals surface area contributed by atoms with E-state index in [0.29, 0.717) is 24.4 Å². The Bertz CT molecular complexity index is 1110. The van der Waals surface area contributed by atoms with E-state index in [4.69, 9.17) is 14.2 Å². The zero-order valence-electron chi connectivity index (χ0n) is 19.6. The molecule has 2 aliphatic heterocycles. The highest BCUT2D eigenvalue weighted by Crippen LogP contribution is 2.31. The standard InChI is InChI=1S/C24H31N3O6S/c1-31-21-6-7-22(32-2)23(17-21)34(29,30)27-10-8-26(9-11-27)24(28)20-5-3-4-19(16-20)18-25-12-14-33-15-13-25/h3-7,16-17H,8-15,18H2,1-2H3. The second kappa shape index (κ2) is 10.7. The molecule has 0 aliphatic carbocycles. The number of ether oxygens (including phenoxy) is 3. The zero-order chi connectivity index (χ0) is 24.1. The molecule has 2 aromatic rings. The van der Waals surface area contributed by atoms with Crippen LogP contribution < -0.4 is 9.47 Å². The molecule has 0 aromatic heterocycles. The van der Waals surface area contributed by atoms with E-state index in [-0.39, 0.29) is 29.6 Å². The third-order valence-corrected chi connectivity index (χ3v) is 8.12. The lowest BCUT2D eigenvalue weighted by Gasteiger charge is -2.34. The highest BCUT2D eigenvalue weighted by molar-refractivity contribution is 7.89. The molecular weight excluding hydrogens is 458 g/mol. The highest BCUT2D eigenvalue weighted by Gasteiger charge is 2.32. The molecule has 0 unspecified atom stereocenters. The minimum Gasteiger partial charge on any atom is -0.497 e. The van der Waals surface area contributed by atoms with Gasteiger partial charge in [0, 0.05) is 57.4 Å². The quantitative estimate of drug-likeness (QED) is 0.585. The highest BCUT2D eigenvalue weighted by atomic mass is 32.2. The number of carbonyl (C=O) groups is 1. The lowest BCUT2D eigenvalue weighted by atomic mass is 10.1. The summed E-state index contributed by atoms with van der Waals surface area (Å²) in [5.74, 6) is 0.612. The molecule has 2 saturated heterocycles. The molecule has 0 saturated carbocycles. The van der Waals surface area contributed by atoms with Crippen LogP contribution >= 0.6 is 0 Å². The SMILES string of the molecule is COc1ccc(OC)c(S(=O)(=O)N2CCN(C(=O)c3cccc(CN4CCOCC4)c3)CC2)c1. The summed E-state index contributed by atoms with van der Waals surface area (Å²) in [4.78, 5) is 17.2. The first-order chi connectivity index (χ1) is 16.4. The molecule has 2 fully saturated rings. The van der Waals surface area contributed by atoms with Crippen molar-refractivity contribution in [2.75, 3.05) is 66.7 Å². The van der Waals surface area contributed by atoms with Gasteiger partial charge in [-0.05, 0) is 29.8 Å². The zero-order valence-corrected chi connectivity index (χ0v) is 20.4. The van der Waals surface area contributed by atoms with Crippen LogP contribution in [0.15, 0.2) is 47.4 Å². The predicted octanol–water partition coefficient (Wildman–Crippen LogP) is 1.68. The van der Waals surface area contributed by atoms with Crippen LogP contribution in [0.25, 0.3) is 0 Å². The van der Waals surface area contributed by atoms with Crippen molar-refractivity contribution in [1.82, 2.24) is 14.1 Å². The largest absolute Gasteiger partial charge is 0.497 e. The molecule has 0 atom stereocenters. The summed E-state index contributed by atoms with van der Waals surface area (Å²) >= 11 is 0. The summed E-state index contributed by atoms with van der Waals surface area (Å²) in [6.07, 6.45) is 0. The fourth-order valence-corrected chi connectivity index (χ4v) is 5.85. The molecule has 4 rings (SSSR count). The molecular formula is C24H31N3O6S. The summed E-state index contributed by atoms with van der Waals surface area (Å²) in [5.41, 5.74) is 1.70. The number of nitrogens with zero attached hydrogens (tertiary/aromatic N) is 3. The number of rotatable bonds is 7. The monoisotopic (exact) mass is 489 g/mol. The van der Waals surface area contributed by atoms with E-state index in [9.17, 15) is 13.2 Å². The van der Waals surface area contributed by atoms with Gasteiger partial charge in [0.2, 0.25) is 10.0 Å². The number of morpholine rings is 1. The van der Waals surface area contributed by atoms with Gasteiger partial charge in [0.05, 0.1) is 27.4 Å². The third kappa shape index (κ3) is 5.35. The van der Waals surface area contributed by atoms with E-state index in [2.05, 4.69) is 4.90 Å². The molecule has 10 heteroatoms.